The topological polar surface area (TPSA) is 75.4 Å². The van der Waals surface area contributed by atoms with Crippen molar-refractivity contribution in [2.24, 2.45) is 18.9 Å². The van der Waals surface area contributed by atoms with Crippen LogP contribution < -0.4 is 0 Å². The van der Waals surface area contributed by atoms with Crippen LogP contribution in [-0.4, -0.2) is 40.7 Å². The summed E-state index contributed by atoms with van der Waals surface area (Å²) in [6.07, 6.45) is 2.07. The number of hydrogen-bond donors (Lipinski definition) is 1. The second-order valence-corrected chi connectivity index (χ2v) is 10.1. The number of aryl methyl sites for hydroxylation is 2. The zero-order valence-electron chi connectivity index (χ0n) is 15.8. The zero-order valence-corrected chi connectivity index (χ0v) is 17.3. The molecule has 4 rings (SSSR count). The van der Waals surface area contributed by atoms with E-state index in [4.69, 9.17) is 11.6 Å². The van der Waals surface area contributed by atoms with Gasteiger partial charge in [0.15, 0.2) is 0 Å². The number of aromatic nitrogens is 2. The van der Waals surface area contributed by atoms with Crippen molar-refractivity contribution in [2.75, 3.05) is 13.1 Å². The van der Waals surface area contributed by atoms with Crippen LogP contribution in [0.2, 0.25) is 5.15 Å². The van der Waals surface area contributed by atoms with Gasteiger partial charge in [-0.1, -0.05) is 23.7 Å². The molecule has 1 saturated heterocycles. The highest BCUT2D eigenvalue weighted by atomic mass is 35.5. The maximum absolute atomic E-state index is 13.8. The fourth-order valence-corrected chi connectivity index (χ4v) is 7.06. The maximum atomic E-state index is 13.8. The van der Waals surface area contributed by atoms with Crippen LogP contribution in [0.1, 0.15) is 30.5 Å². The Balaban J connectivity index is 1.70. The second-order valence-electron chi connectivity index (χ2n) is 7.84. The summed E-state index contributed by atoms with van der Waals surface area (Å²) in [5, 5.41) is 15.7. The standard InChI is InChI=1S/C19H23ClFN3O3S/c1-12-17(18(20)23(2)22-12)28(26,27)24-10-13-5-4-8-19(25,16(13)11-24)14-6-3-7-15(21)9-14/h3,6-7,9,13,16,25H,4-5,8,10-11H2,1-2H3. The van der Waals surface area contributed by atoms with Gasteiger partial charge in [-0.05, 0) is 49.8 Å². The Labute approximate surface area is 169 Å². The van der Waals surface area contributed by atoms with Crippen molar-refractivity contribution in [1.29, 1.82) is 0 Å². The summed E-state index contributed by atoms with van der Waals surface area (Å²) in [4.78, 5) is 0.0182. The molecule has 2 heterocycles. The van der Waals surface area contributed by atoms with Crippen LogP contribution in [0.3, 0.4) is 0 Å². The molecule has 1 saturated carbocycles. The molecule has 152 valence electrons. The van der Waals surface area contributed by atoms with E-state index in [1.807, 2.05) is 0 Å². The average molecular weight is 428 g/mol. The average Bonchev–Trinajstić information content (AvgIpc) is 3.18. The van der Waals surface area contributed by atoms with Crippen molar-refractivity contribution in [1.82, 2.24) is 14.1 Å². The van der Waals surface area contributed by atoms with Gasteiger partial charge < -0.3 is 5.11 Å². The molecule has 6 nitrogen and oxygen atoms in total. The van der Waals surface area contributed by atoms with E-state index in [2.05, 4.69) is 5.10 Å². The van der Waals surface area contributed by atoms with Crippen molar-refractivity contribution in [3.8, 4) is 0 Å². The molecule has 0 spiro atoms. The lowest BCUT2D eigenvalue weighted by molar-refractivity contribution is -0.0642. The number of fused-ring (bicyclic) bond motifs is 1. The van der Waals surface area contributed by atoms with Crippen LogP contribution in [0.5, 0.6) is 0 Å². The summed E-state index contributed by atoms with van der Waals surface area (Å²) >= 11 is 6.20. The number of aliphatic hydroxyl groups is 1. The molecule has 1 aliphatic heterocycles. The van der Waals surface area contributed by atoms with Crippen LogP contribution in [0.4, 0.5) is 4.39 Å². The van der Waals surface area contributed by atoms with Gasteiger partial charge in [-0.15, -0.1) is 0 Å². The summed E-state index contributed by atoms with van der Waals surface area (Å²) in [6, 6.07) is 5.98. The van der Waals surface area contributed by atoms with Crippen molar-refractivity contribution in [3.05, 3.63) is 46.5 Å². The third-order valence-corrected chi connectivity index (χ3v) is 8.70. The van der Waals surface area contributed by atoms with E-state index in [0.717, 1.165) is 12.8 Å². The molecule has 1 aliphatic carbocycles. The molecule has 1 aromatic heterocycles. The minimum atomic E-state index is -3.85. The first kappa shape index (κ1) is 19.8. The van der Waals surface area contributed by atoms with Gasteiger partial charge in [0.25, 0.3) is 0 Å². The summed E-state index contributed by atoms with van der Waals surface area (Å²) < 4.78 is 43.1. The molecule has 0 bridgehead atoms. The molecule has 9 heteroatoms. The lowest BCUT2D eigenvalue weighted by Crippen LogP contribution is -2.43. The minimum Gasteiger partial charge on any atom is -0.385 e. The molecule has 2 aromatic rings. The summed E-state index contributed by atoms with van der Waals surface area (Å²) in [5.74, 6) is -0.700. The third kappa shape index (κ3) is 2.98. The molecule has 0 amide bonds. The first-order valence-electron chi connectivity index (χ1n) is 9.32. The van der Waals surface area contributed by atoms with E-state index in [1.165, 1.54) is 21.1 Å². The molecule has 0 radical (unpaired) electrons. The Hall–Kier alpha value is -1.48. The van der Waals surface area contributed by atoms with Crippen LogP contribution >= 0.6 is 11.6 Å². The van der Waals surface area contributed by atoms with E-state index in [0.29, 0.717) is 24.2 Å². The summed E-state index contributed by atoms with van der Waals surface area (Å²) in [5.41, 5.74) is -0.386. The Morgan fingerprint density at radius 2 is 2.11 bits per heavy atom. The van der Waals surface area contributed by atoms with Crippen LogP contribution in [0, 0.1) is 24.6 Å². The largest absolute Gasteiger partial charge is 0.385 e. The first-order valence-corrected chi connectivity index (χ1v) is 11.1. The number of hydrogen-bond acceptors (Lipinski definition) is 4. The van der Waals surface area contributed by atoms with Gasteiger partial charge in [0.05, 0.1) is 11.3 Å². The number of halogens is 2. The first-order chi connectivity index (χ1) is 13.1. The lowest BCUT2D eigenvalue weighted by Gasteiger charge is -2.41. The molecule has 1 N–H and O–H groups in total. The van der Waals surface area contributed by atoms with Gasteiger partial charge in [0, 0.05) is 26.1 Å². The molecular weight excluding hydrogens is 405 g/mol. The van der Waals surface area contributed by atoms with E-state index in [-0.39, 0.29) is 28.4 Å². The number of sulfonamides is 1. The van der Waals surface area contributed by atoms with Crippen molar-refractivity contribution >= 4 is 21.6 Å². The van der Waals surface area contributed by atoms with Gasteiger partial charge >= 0.3 is 0 Å². The zero-order chi connectivity index (χ0) is 20.3. The Bertz CT molecular complexity index is 1030. The van der Waals surface area contributed by atoms with E-state index in [9.17, 15) is 17.9 Å². The van der Waals surface area contributed by atoms with Crippen LogP contribution in [0.15, 0.2) is 29.2 Å². The molecule has 2 fully saturated rings. The van der Waals surface area contributed by atoms with Gasteiger partial charge in [0.2, 0.25) is 10.0 Å². The smallest absolute Gasteiger partial charge is 0.248 e. The highest BCUT2D eigenvalue weighted by molar-refractivity contribution is 7.89. The Morgan fingerprint density at radius 1 is 1.36 bits per heavy atom. The predicted molar refractivity (Wildman–Crippen MR) is 103 cm³/mol. The van der Waals surface area contributed by atoms with Crippen molar-refractivity contribution in [2.45, 2.75) is 36.7 Å². The summed E-state index contributed by atoms with van der Waals surface area (Å²) in [6.45, 7) is 2.10. The highest BCUT2D eigenvalue weighted by Crippen LogP contribution is 2.49. The van der Waals surface area contributed by atoms with Gasteiger partial charge in [-0.2, -0.15) is 9.40 Å². The fraction of sp³-hybridized carbons (Fsp3) is 0.526. The van der Waals surface area contributed by atoms with E-state index < -0.39 is 21.4 Å². The van der Waals surface area contributed by atoms with Crippen LogP contribution in [0.25, 0.3) is 0 Å². The number of rotatable bonds is 3. The van der Waals surface area contributed by atoms with E-state index >= 15 is 0 Å². The molecule has 3 atom stereocenters. The summed E-state index contributed by atoms with van der Waals surface area (Å²) in [7, 11) is -2.25. The quantitative estimate of drug-likeness (QED) is 0.817. The maximum Gasteiger partial charge on any atom is 0.248 e. The second kappa shape index (κ2) is 6.79. The van der Waals surface area contributed by atoms with E-state index in [1.54, 1.807) is 26.1 Å². The fourth-order valence-electron chi connectivity index (χ4n) is 4.83. The van der Waals surface area contributed by atoms with Crippen molar-refractivity contribution in [3.63, 3.8) is 0 Å². The number of nitrogens with zero attached hydrogens (tertiary/aromatic N) is 3. The normalized spacial score (nSPS) is 28.5. The molecule has 2 aliphatic rings. The molecule has 3 unspecified atom stereocenters. The Kier molecular flexibility index (Phi) is 4.81. The minimum absolute atomic E-state index is 0.00699. The highest BCUT2D eigenvalue weighted by Gasteiger charge is 2.52. The third-order valence-electron chi connectivity index (χ3n) is 6.18. The number of benzene rings is 1. The van der Waals surface area contributed by atoms with Crippen LogP contribution in [-0.2, 0) is 22.7 Å². The Morgan fingerprint density at radius 3 is 2.75 bits per heavy atom. The predicted octanol–water partition coefficient (Wildman–Crippen LogP) is 2.83. The monoisotopic (exact) mass is 427 g/mol. The molecular formula is C19H23ClFN3O3S. The van der Waals surface area contributed by atoms with Gasteiger partial charge in [-0.25, -0.2) is 12.8 Å². The van der Waals surface area contributed by atoms with Crippen molar-refractivity contribution < 1.29 is 17.9 Å². The SMILES string of the molecule is Cc1nn(C)c(Cl)c1S(=O)(=O)N1CC2CCCC(O)(c3cccc(F)c3)C2C1. The van der Waals surface area contributed by atoms with Gasteiger partial charge in [0.1, 0.15) is 15.9 Å². The lowest BCUT2D eigenvalue weighted by atomic mass is 9.67. The van der Waals surface area contributed by atoms with Gasteiger partial charge in [-0.3, -0.25) is 4.68 Å². The molecule has 1 aromatic carbocycles. The molecule has 28 heavy (non-hydrogen) atoms.